The predicted molar refractivity (Wildman–Crippen MR) is 116 cm³/mol. The third-order valence-corrected chi connectivity index (χ3v) is 6.59. The molecule has 2 atom stereocenters. The minimum atomic E-state index is -0.681. The highest BCUT2D eigenvalue weighted by molar-refractivity contribution is 5.74. The van der Waals surface area contributed by atoms with Gasteiger partial charge in [-0.05, 0) is 62.3 Å². The number of carbonyl (C=O) groups is 2. The number of unbranched alkanes of at least 4 members (excludes halogenated alkanes) is 1. The van der Waals surface area contributed by atoms with Gasteiger partial charge in [-0.2, -0.15) is 0 Å². The number of rotatable bonds is 9. The third kappa shape index (κ3) is 4.59. The molecule has 1 N–H and O–H groups in total. The SMILES string of the molecule is CCCCN(C)C(=O)OCc1c(C)noc1-c1ccc(OC2CC3C(C2)C3C(=O)O)cc1. The summed E-state index contributed by atoms with van der Waals surface area (Å²) in [5.41, 5.74) is 2.25. The maximum absolute atomic E-state index is 12.2. The molecule has 2 unspecified atom stereocenters. The van der Waals surface area contributed by atoms with Crippen LogP contribution >= 0.6 is 0 Å². The first-order chi connectivity index (χ1) is 15.4. The fourth-order valence-corrected chi connectivity index (χ4v) is 4.65. The maximum atomic E-state index is 12.2. The van der Waals surface area contributed by atoms with E-state index in [1.54, 1.807) is 11.9 Å². The van der Waals surface area contributed by atoms with Gasteiger partial charge in [0.25, 0.3) is 0 Å². The largest absolute Gasteiger partial charge is 0.490 e. The molecule has 8 nitrogen and oxygen atoms in total. The van der Waals surface area contributed by atoms with Gasteiger partial charge in [-0.1, -0.05) is 18.5 Å². The van der Waals surface area contributed by atoms with E-state index in [1.165, 1.54) is 0 Å². The zero-order valence-electron chi connectivity index (χ0n) is 18.7. The molecule has 2 aromatic rings. The number of carboxylic acid groups (broad SMARTS) is 1. The summed E-state index contributed by atoms with van der Waals surface area (Å²) in [5, 5.41) is 13.2. The van der Waals surface area contributed by atoms with E-state index in [-0.39, 0.29) is 36.6 Å². The summed E-state index contributed by atoms with van der Waals surface area (Å²) < 4.78 is 17.0. The van der Waals surface area contributed by atoms with Crippen LogP contribution in [0.1, 0.15) is 43.9 Å². The number of aromatic nitrogens is 1. The molecule has 1 aromatic heterocycles. The molecule has 2 aliphatic carbocycles. The summed E-state index contributed by atoms with van der Waals surface area (Å²) in [6.45, 7) is 4.65. The van der Waals surface area contributed by atoms with Crippen LogP contribution in [-0.4, -0.2) is 46.9 Å². The zero-order valence-corrected chi connectivity index (χ0v) is 18.7. The molecular weight excluding hydrogens is 412 g/mol. The Balaban J connectivity index is 1.34. The van der Waals surface area contributed by atoms with Crippen LogP contribution in [0.2, 0.25) is 0 Å². The van der Waals surface area contributed by atoms with Gasteiger partial charge in [0.1, 0.15) is 12.4 Å². The van der Waals surface area contributed by atoms with Crippen LogP contribution in [0.3, 0.4) is 0 Å². The minimum Gasteiger partial charge on any atom is -0.490 e. The van der Waals surface area contributed by atoms with Gasteiger partial charge in [0.2, 0.25) is 0 Å². The van der Waals surface area contributed by atoms with Gasteiger partial charge in [0.15, 0.2) is 5.76 Å². The molecule has 0 spiro atoms. The average molecular weight is 443 g/mol. The van der Waals surface area contributed by atoms with E-state index in [0.717, 1.165) is 42.6 Å². The zero-order chi connectivity index (χ0) is 22.8. The molecule has 0 bridgehead atoms. The molecule has 32 heavy (non-hydrogen) atoms. The van der Waals surface area contributed by atoms with Gasteiger partial charge in [-0.25, -0.2) is 4.79 Å². The lowest BCUT2D eigenvalue weighted by Crippen LogP contribution is -2.28. The number of hydrogen-bond donors (Lipinski definition) is 1. The molecule has 1 heterocycles. The Morgan fingerprint density at radius 3 is 2.53 bits per heavy atom. The van der Waals surface area contributed by atoms with Crippen LogP contribution in [-0.2, 0) is 16.1 Å². The molecule has 8 heteroatoms. The van der Waals surface area contributed by atoms with Crippen LogP contribution in [0.15, 0.2) is 28.8 Å². The summed E-state index contributed by atoms with van der Waals surface area (Å²) in [5.74, 6) is 0.990. The Labute approximate surface area is 187 Å². The Morgan fingerprint density at radius 1 is 1.22 bits per heavy atom. The van der Waals surface area contributed by atoms with Crippen molar-refractivity contribution in [3.8, 4) is 17.1 Å². The molecule has 172 valence electrons. The fourth-order valence-electron chi connectivity index (χ4n) is 4.65. The first-order valence-electron chi connectivity index (χ1n) is 11.2. The predicted octanol–water partition coefficient (Wildman–Crippen LogP) is 4.51. The van der Waals surface area contributed by atoms with E-state index in [1.807, 2.05) is 31.2 Å². The molecule has 2 saturated carbocycles. The van der Waals surface area contributed by atoms with Crippen LogP contribution in [0, 0.1) is 24.7 Å². The van der Waals surface area contributed by atoms with Crippen LogP contribution in [0.4, 0.5) is 4.79 Å². The topological polar surface area (TPSA) is 102 Å². The lowest BCUT2D eigenvalue weighted by molar-refractivity contribution is -0.139. The number of amides is 1. The highest BCUT2D eigenvalue weighted by Gasteiger charge is 2.60. The van der Waals surface area contributed by atoms with Gasteiger partial charge in [-0.3, -0.25) is 4.79 Å². The molecule has 1 amide bonds. The summed E-state index contributed by atoms with van der Waals surface area (Å²) in [6.07, 6.45) is 3.24. The van der Waals surface area contributed by atoms with Crippen molar-refractivity contribution in [3.05, 3.63) is 35.5 Å². The molecule has 2 aliphatic rings. The monoisotopic (exact) mass is 442 g/mol. The van der Waals surface area contributed by atoms with Crippen molar-refractivity contribution < 1.29 is 28.7 Å². The molecule has 2 fully saturated rings. The van der Waals surface area contributed by atoms with Gasteiger partial charge >= 0.3 is 12.1 Å². The van der Waals surface area contributed by atoms with Gasteiger partial charge < -0.3 is 24.0 Å². The number of nitrogens with zero attached hydrogens (tertiary/aromatic N) is 2. The lowest BCUT2D eigenvalue weighted by atomic mass is 10.1. The Bertz CT molecular complexity index is 957. The Hall–Kier alpha value is -3.03. The second-order valence-electron chi connectivity index (χ2n) is 8.83. The summed E-state index contributed by atoms with van der Waals surface area (Å²) in [7, 11) is 1.73. The highest BCUT2D eigenvalue weighted by atomic mass is 16.6. The number of carboxylic acids is 1. The number of fused-ring (bicyclic) bond motifs is 1. The van der Waals surface area contributed by atoms with Crippen molar-refractivity contribution in [2.45, 2.75) is 52.2 Å². The standard InChI is InChI=1S/C24H30N2O6/c1-4-5-10-26(3)24(29)30-13-20-14(2)25-32-22(20)15-6-8-16(9-7-15)31-17-11-18-19(12-17)21(18)23(27)28/h6-9,17-19,21H,4-5,10-13H2,1-3H3,(H,27,28). The normalized spacial score (nSPS) is 23.5. The minimum absolute atomic E-state index is 0.0682. The Kier molecular flexibility index (Phi) is 6.39. The van der Waals surface area contributed by atoms with Gasteiger partial charge in [0, 0.05) is 19.2 Å². The highest BCUT2D eigenvalue weighted by Crippen LogP contribution is 2.58. The molecule has 4 rings (SSSR count). The third-order valence-electron chi connectivity index (χ3n) is 6.59. The van der Waals surface area contributed by atoms with Crippen LogP contribution < -0.4 is 4.74 Å². The van der Waals surface area contributed by atoms with Crippen molar-refractivity contribution in [1.82, 2.24) is 10.1 Å². The van der Waals surface area contributed by atoms with Crippen molar-refractivity contribution in [1.29, 1.82) is 0 Å². The molecular formula is C24H30N2O6. The van der Waals surface area contributed by atoms with Crippen LogP contribution in [0.25, 0.3) is 11.3 Å². The second-order valence-corrected chi connectivity index (χ2v) is 8.83. The number of hydrogen-bond acceptors (Lipinski definition) is 6. The molecule has 0 radical (unpaired) electrons. The van der Waals surface area contributed by atoms with Crippen LogP contribution in [0.5, 0.6) is 5.75 Å². The van der Waals surface area contributed by atoms with Crippen molar-refractivity contribution >= 4 is 12.1 Å². The lowest BCUT2D eigenvalue weighted by Gasteiger charge is -2.17. The number of ether oxygens (including phenoxy) is 2. The first-order valence-corrected chi connectivity index (χ1v) is 11.2. The summed E-state index contributed by atoms with van der Waals surface area (Å²) >= 11 is 0. The fraction of sp³-hybridized carbons (Fsp3) is 0.542. The van der Waals surface area contributed by atoms with E-state index >= 15 is 0 Å². The number of benzene rings is 1. The smallest absolute Gasteiger partial charge is 0.409 e. The van der Waals surface area contributed by atoms with E-state index in [2.05, 4.69) is 12.1 Å². The second kappa shape index (κ2) is 9.22. The van der Waals surface area contributed by atoms with E-state index in [4.69, 9.17) is 19.1 Å². The van der Waals surface area contributed by atoms with E-state index in [9.17, 15) is 9.59 Å². The van der Waals surface area contributed by atoms with Gasteiger partial charge in [0.05, 0.1) is 23.3 Å². The molecule has 1 aromatic carbocycles. The number of carbonyl (C=O) groups excluding carboxylic acids is 1. The molecule has 0 aliphatic heterocycles. The average Bonchev–Trinajstić information content (AvgIpc) is 3.09. The first kappa shape index (κ1) is 22.2. The maximum Gasteiger partial charge on any atom is 0.409 e. The van der Waals surface area contributed by atoms with Crippen molar-refractivity contribution in [3.63, 3.8) is 0 Å². The number of aliphatic carboxylic acids is 1. The van der Waals surface area contributed by atoms with Crippen molar-refractivity contribution in [2.24, 2.45) is 17.8 Å². The van der Waals surface area contributed by atoms with Crippen molar-refractivity contribution in [2.75, 3.05) is 13.6 Å². The molecule has 0 saturated heterocycles. The Morgan fingerprint density at radius 2 is 1.91 bits per heavy atom. The number of aryl methyl sites for hydroxylation is 1. The summed E-state index contributed by atoms with van der Waals surface area (Å²) in [6, 6.07) is 7.54. The van der Waals surface area contributed by atoms with Gasteiger partial charge in [-0.15, -0.1) is 0 Å². The van der Waals surface area contributed by atoms with E-state index in [0.29, 0.717) is 18.0 Å². The van der Waals surface area contributed by atoms with E-state index < -0.39 is 5.97 Å². The summed E-state index contributed by atoms with van der Waals surface area (Å²) in [4.78, 5) is 24.9. The quantitative estimate of drug-likeness (QED) is 0.610.